The highest BCUT2D eigenvalue weighted by molar-refractivity contribution is 5.76. The van der Waals surface area contributed by atoms with Crippen LogP contribution in [-0.4, -0.2) is 16.9 Å². The molecule has 0 amide bonds. The van der Waals surface area contributed by atoms with E-state index in [9.17, 15) is 0 Å². The lowest BCUT2D eigenvalue weighted by Crippen LogP contribution is -2.06. The number of aromatic nitrogens is 2. The lowest BCUT2D eigenvalue weighted by molar-refractivity contribution is 0.413. The number of ether oxygens (including phenoxy) is 1. The number of methoxy groups -OCH3 is 1. The molecular weight excluding hydrogens is 238 g/mol. The molecule has 0 spiro atoms. The smallest absolute Gasteiger partial charge is 0.129 e. The zero-order valence-corrected chi connectivity index (χ0v) is 12.2. The largest absolute Gasteiger partial charge is 0.496 e. The maximum Gasteiger partial charge on any atom is 0.129 e. The summed E-state index contributed by atoms with van der Waals surface area (Å²) in [6.45, 7) is 6.61. The van der Waals surface area contributed by atoms with E-state index in [1.807, 2.05) is 18.7 Å². The number of hydrogen-bond donors (Lipinski definition) is 1. The van der Waals surface area contributed by atoms with E-state index in [2.05, 4.69) is 31.1 Å². The molecule has 0 bridgehead atoms. The van der Waals surface area contributed by atoms with Crippen molar-refractivity contribution in [3.63, 3.8) is 0 Å². The summed E-state index contributed by atoms with van der Waals surface area (Å²) in [6, 6.07) is 4.26. The van der Waals surface area contributed by atoms with Crippen LogP contribution in [0.5, 0.6) is 5.75 Å². The Hall–Kier alpha value is -1.81. The number of aryl methyl sites for hydroxylation is 4. The van der Waals surface area contributed by atoms with Crippen LogP contribution in [-0.2, 0) is 13.6 Å². The first kappa shape index (κ1) is 13.6. The molecule has 4 heteroatoms. The molecule has 19 heavy (non-hydrogen) atoms. The maximum absolute atomic E-state index is 5.87. The molecule has 0 aliphatic rings. The monoisotopic (exact) mass is 259 g/mol. The van der Waals surface area contributed by atoms with Crippen LogP contribution in [0.3, 0.4) is 0 Å². The number of nitrogens with two attached hydrogens (primary N) is 1. The van der Waals surface area contributed by atoms with Gasteiger partial charge < -0.3 is 10.5 Å². The molecule has 4 nitrogen and oxygen atoms in total. The van der Waals surface area contributed by atoms with Gasteiger partial charge >= 0.3 is 0 Å². The Labute approximate surface area is 114 Å². The third-order valence-corrected chi connectivity index (χ3v) is 3.43. The summed E-state index contributed by atoms with van der Waals surface area (Å²) in [5, 5.41) is 4.47. The van der Waals surface area contributed by atoms with E-state index in [1.54, 1.807) is 7.11 Å². The molecule has 1 aromatic carbocycles. The SMILES string of the molecule is COc1c(C)cc(C)cc1-c1c(C)nn(C)c1CN. The highest BCUT2D eigenvalue weighted by atomic mass is 16.5. The fourth-order valence-corrected chi connectivity index (χ4v) is 2.70. The molecule has 0 aliphatic heterocycles. The highest BCUT2D eigenvalue weighted by Crippen LogP contribution is 2.37. The summed E-state index contributed by atoms with van der Waals surface area (Å²) in [5.41, 5.74) is 12.4. The third-order valence-electron chi connectivity index (χ3n) is 3.43. The van der Waals surface area contributed by atoms with E-state index in [1.165, 1.54) is 5.56 Å². The summed E-state index contributed by atoms with van der Waals surface area (Å²) in [6.07, 6.45) is 0. The van der Waals surface area contributed by atoms with E-state index < -0.39 is 0 Å². The Balaban J connectivity index is 2.78. The van der Waals surface area contributed by atoms with Crippen molar-refractivity contribution in [1.29, 1.82) is 0 Å². The molecule has 1 heterocycles. The van der Waals surface area contributed by atoms with Crippen molar-refractivity contribution in [2.75, 3.05) is 7.11 Å². The fourth-order valence-electron chi connectivity index (χ4n) is 2.70. The molecule has 2 aromatic rings. The van der Waals surface area contributed by atoms with Crippen molar-refractivity contribution < 1.29 is 4.74 Å². The normalized spacial score (nSPS) is 10.8. The minimum Gasteiger partial charge on any atom is -0.496 e. The summed E-state index contributed by atoms with van der Waals surface area (Å²) in [5.74, 6) is 0.899. The van der Waals surface area contributed by atoms with Gasteiger partial charge in [-0.05, 0) is 38.0 Å². The van der Waals surface area contributed by atoms with Crippen LogP contribution in [0.1, 0.15) is 22.5 Å². The van der Waals surface area contributed by atoms with E-state index in [0.717, 1.165) is 33.8 Å². The van der Waals surface area contributed by atoms with Crippen LogP contribution in [0.15, 0.2) is 12.1 Å². The van der Waals surface area contributed by atoms with Gasteiger partial charge in [-0.15, -0.1) is 0 Å². The van der Waals surface area contributed by atoms with Crippen LogP contribution >= 0.6 is 0 Å². The van der Waals surface area contributed by atoms with Gasteiger partial charge in [-0.2, -0.15) is 5.10 Å². The first-order valence-corrected chi connectivity index (χ1v) is 6.37. The van der Waals surface area contributed by atoms with Crippen LogP contribution in [0, 0.1) is 20.8 Å². The van der Waals surface area contributed by atoms with E-state index in [-0.39, 0.29) is 0 Å². The van der Waals surface area contributed by atoms with Gasteiger partial charge in [0.2, 0.25) is 0 Å². The van der Waals surface area contributed by atoms with Crippen molar-refractivity contribution in [3.8, 4) is 16.9 Å². The van der Waals surface area contributed by atoms with Gasteiger partial charge in [0.05, 0.1) is 18.5 Å². The first-order valence-electron chi connectivity index (χ1n) is 6.37. The van der Waals surface area contributed by atoms with Crippen molar-refractivity contribution in [2.45, 2.75) is 27.3 Å². The third kappa shape index (κ3) is 2.24. The topological polar surface area (TPSA) is 53.1 Å². The minimum absolute atomic E-state index is 0.461. The number of hydrogen-bond acceptors (Lipinski definition) is 3. The second kappa shape index (κ2) is 5.05. The van der Waals surface area contributed by atoms with Gasteiger partial charge in [-0.1, -0.05) is 6.07 Å². The van der Waals surface area contributed by atoms with E-state index >= 15 is 0 Å². The molecule has 0 fully saturated rings. The molecule has 102 valence electrons. The zero-order valence-electron chi connectivity index (χ0n) is 12.2. The Morgan fingerprint density at radius 1 is 1.26 bits per heavy atom. The van der Waals surface area contributed by atoms with Crippen molar-refractivity contribution >= 4 is 0 Å². The van der Waals surface area contributed by atoms with Gasteiger partial charge in [0, 0.05) is 24.7 Å². The van der Waals surface area contributed by atoms with Crippen LogP contribution < -0.4 is 10.5 Å². The molecule has 1 aromatic heterocycles. The van der Waals surface area contributed by atoms with Crippen LogP contribution in [0.25, 0.3) is 11.1 Å². The molecular formula is C15H21N3O. The Morgan fingerprint density at radius 2 is 1.95 bits per heavy atom. The predicted molar refractivity (Wildman–Crippen MR) is 77.3 cm³/mol. The number of rotatable bonds is 3. The molecule has 0 saturated carbocycles. The van der Waals surface area contributed by atoms with Gasteiger partial charge in [-0.25, -0.2) is 0 Å². The standard InChI is InChI=1S/C15H21N3O/c1-9-6-10(2)15(19-5)12(7-9)14-11(3)17-18(4)13(14)8-16/h6-7H,8,16H2,1-5H3. The summed E-state index contributed by atoms with van der Waals surface area (Å²) in [4.78, 5) is 0. The zero-order chi connectivity index (χ0) is 14.2. The Bertz CT molecular complexity index is 614. The second-order valence-electron chi connectivity index (χ2n) is 4.90. The first-order chi connectivity index (χ1) is 8.99. The Kier molecular flexibility index (Phi) is 3.62. The Morgan fingerprint density at radius 3 is 2.53 bits per heavy atom. The van der Waals surface area contributed by atoms with Gasteiger partial charge in [0.25, 0.3) is 0 Å². The lowest BCUT2D eigenvalue weighted by atomic mass is 9.97. The molecule has 0 atom stereocenters. The quantitative estimate of drug-likeness (QED) is 0.921. The molecule has 2 N–H and O–H groups in total. The second-order valence-corrected chi connectivity index (χ2v) is 4.90. The summed E-state index contributed by atoms with van der Waals surface area (Å²) >= 11 is 0. The molecule has 0 unspecified atom stereocenters. The lowest BCUT2D eigenvalue weighted by Gasteiger charge is -2.14. The molecule has 0 saturated heterocycles. The highest BCUT2D eigenvalue weighted by Gasteiger charge is 2.19. The average molecular weight is 259 g/mol. The summed E-state index contributed by atoms with van der Waals surface area (Å²) < 4.78 is 7.42. The van der Waals surface area contributed by atoms with Crippen molar-refractivity contribution in [1.82, 2.24) is 9.78 Å². The van der Waals surface area contributed by atoms with Gasteiger partial charge in [-0.3, -0.25) is 4.68 Å². The van der Waals surface area contributed by atoms with Crippen LogP contribution in [0.2, 0.25) is 0 Å². The van der Waals surface area contributed by atoms with E-state index in [0.29, 0.717) is 6.54 Å². The predicted octanol–water partition coefficient (Wildman–Crippen LogP) is 2.48. The summed E-state index contributed by atoms with van der Waals surface area (Å²) in [7, 11) is 3.63. The van der Waals surface area contributed by atoms with Crippen molar-refractivity contribution in [3.05, 3.63) is 34.6 Å². The maximum atomic E-state index is 5.87. The minimum atomic E-state index is 0.461. The van der Waals surface area contributed by atoms with Gasteiger partial charge in [0.1, 0.15) is 5.75 Å². The average Bonchev–Trinajstić information content (AvgIpc) is 2.62. The molecule has 2 rings (SSSR count). The van der Waals surface area contributed by atoms with Gasteiger partial charge in [0.15, 0.2) is 0 Å². The fraction of sp³-hybridized carbons (Fsp3) is 0.400. The molecule has 0 aliphatic carbocycles. The molecule has 0 radical (unpaired) electrons. The number of nitrogens with zero attached hydrogens (tertiary/aromatic N) is 2. The van der Waals surface area contributed by atoms with E-state index in [4.69, 9.17) is 10.5 Å². The number of benzene rings is 1. The van der Waals surface area contributed by atoms with Crippen LogP contribution in [0.4, 0.5) is 0 Å². The van der Waals surface area contributed by atoms with Crippen molar-refractivity contribution in [2.24, 2.45) is 12.8 Å².